The predicted molar refractivity (Wildman–Crippen MR) is 126 cm³/mol. The van der Waals surface area contributed by atoms with Crippen molar-refractivity contribution in [1.82, 2.24) is 9.97 Å². The van der Waals surface area contributed by atoms with Crippen molar-refractivity contribution in [3.63, 3.8) is 0 Å². The van der Waals surface area contributed by atoms with E-state index >= 15 is 0 Å². The van der Waals surface area contributed by atoms with Gasteiger partial charge in [0.05, 0.1) is 17.4 Å². The lowest BCUT2D eigenvalue weighted by atomic mass is 10.0. The Morgan fingerprint density at radius 2 is 1.39 bits per heavy atom. The third kappa shape index (κ3) is 3.17. The van der Waals surface area contributed by atoms with Crippen LogP contribution < -0.4 is 0 Å². The number of para-hydroxylation sites is 1. The molecule has 2 heterocycles. The third-order valence-electron chi connectivity index (χ3n) is 5.56. The van der Waals surface area contributed by atoms with E-state index in [2.05, 4.69) is 59.6 Å². The molecule has 0 saturated carbocycles. The summed E-state index contributed by atoms with van der Waals surface area (Å²) in [6.45, 7) is 0. The van der Waals surface area contributed by atoms with Crippen LogP contribution in [0.1, 0.15) is 0 Å². The fourth-order valence-electron chi connectivity index (χ4n) is 3.98. The molecule has 0 unspecified atom stereocenters. The highest BCUT2D eigenvalue weighted by Gasteiger charge is 2.15. The molecule has 6 aromatic rings. The van der Waals surface area contributed by atoms with Crippen molar-refractivity contribution in [3.8, 4) is 34.0 Å². The molecule has 0 aliphatic heterocycles. The van der Waals surface area contributed by atoms with E-state index in [1.807, 2.05) is 48.5 Å². The average molecular weight is 398 g/mol. The predicted octanol–water partition coefficient (Wildman–Crippen LogP) is 7.38. The summed E-state index contributed by atoms with van der Waals surface area (Å²) in [6, 6.07) is 35.0. The maximum Gasteiger partial charge on any atom is 0.227 e. The summed E-state index contributed by atoms with van der Waals surface area (Å²) in [5.41, 5.74) is 4.84. The topological polar surface area (TPSA) is 38.9 Å². The molecule has 0 radical (unpaired) electrons. The Morgan fingerprint density at radius 3 is 2.29 bits per heavy atom. The summed E-state index contributed by atoms with van der Waals surface area (Å²) >= 11 is 0. The van der Waals surface area contributed by atoms with Gasteiger partial charge in [-0.3, -0.25) is 0 Å². The van der Waals surface area contributed by atoms with Crippen LogP contribution >= 0.6 is 0 Å². The van der Waals surface area contributed by atoms with Gasteiger partial charge < -0.3 is 4.42 Å². The normalized spacial score (nSPS) is 11.2. The van der Waals surface area contributed by atoms with Crippen LogP contribution in [0, 0.1) is 0 Å². The summed E-state index contributed by atoms with van der Waals surface area (Å²) < 4.78 is 6.26. The second-order valence-electron chi connectivity index (χ2n) is 7.53. The van der Waals surface area contributed by atoms with Crippen LogP contribution in [-0.2, 0) is 0 Å². The van der Waals surface area contributed by atoms with Gasteiger partial charge in [-0.2, -0.15) is 0 Å². The maximum absolute atomic E-state index is 6.26. The molecule has 146 valence electrons. The molecule has 0 N–H and O–H groups in total. The van der Waals surface area contributed by atoms with E-state index in [0.717, 1.165) is 39.0 Å². The van der Waals surface area contributed by atoms with Crippen LogP contribution in [0.25, 0.3) is 55.7 Å². The zero-order chi connectivity index (χ0) is 20.6. The van der Waals surface area contributed by atoms with E-state index in [9.17, 15) is 0 Å². The molecular weight excluding hydrogens is 380 g/mol. The fourth-order valence-corrected chi connectivity index (χ4v) is 3.98. The Kier molecular flexibility index (Phi) is 4.10. The number of pyridine rings is 1. The number of nitrogens with zero attached hydrogens (tertiary/aromatic N) is 2. The Balaban J connectivity index is 1.50. The highest BCUT2D eigenvalue weighted by molar-refractivity contribution is 5.95. The monoisotopic (exact) mass is 398 g/mol. The van der Waals surface area contributed by atoms with Gasteiger partial charge in [0.25, 0.3) is 0 Å². The first-order chi connectivity index (χ1) is 15.3. The Labute approximate surface area is 179 Å². The van der Waals surface area contributed by atoms with Crippen molar-refractivity contribution in [2.75, 3.05) is 0 Å². The molecule has 0 aliphatic rings. The highest BCUT2D eigenvalue weighted by Crippen LogP contribution is 2.34. The van der Waals surface area contributed by atoms with Crippen LogP contribution in [0.15, 0.2) is 114 Å². The minimum Gasteiger partial charge on any atom is -0.436 e. The molecule has 0 aliphatic carbocycles. The van der Waals surface area contributed by atoms with Crippen LogP contribution in [-0.4, -0.2) is 9.97 Å². The number of aromatic nitrogens is 2. The van der Waals surface area contributed by atoms with Crippen LogP contribution in [0.4, 0.5) is 0 Å². The summed E-state index contributed by atoms with van der Waals surface area (Å²) in [4.78, 5) is 9.49. The van der Waals surface area contributed by atoms with Crippen molar-refractivity contribution < 1.29 is 4.42 Å². The SMILES string of the molecule is c1ccc(-c2cc(-c3ncc(-c4ccc5ccccc5c4)o3)c3ccccc3n2)cc1. The van der Waals surface area contributed by atoms with Gasteiger partial charge in [0.2, 0.25) is 5.89 Å². The molecule has 4 aromatic carbocycles. The lowest BCUT2D eigenvalue weighted by Crippen LogP contribution is -1.89. The summed E-state index contributed by atoms with van der Waals surface area (Å²) in [7, 11) is 0. The van der Waals surface area contributed by atoms with Gasteiger partial charge in [-0.25, -0.2) is 9.97 Å². The summed E-state index contributed by atoms with van der Waals surface area (Å²) in [5.74, 6) is 1.35. The molecule has 31 heavy (non-hydrogen) atoms. The van der Waals surface area contributed by atoms with Crippen molar-refractivity contribution in [3.05, 3.63) is 109 Å². The molecule has 0 fully saturated rings. The molecule has 3 nitrogen and oxygen atoms in total. The molecular formula is C28H18N2O. The van der Waals surface area contributed by atoms with Gasteiger partial charge in [-0.1, -0.05) is 84.9 Å². The Hall–Kier alpha value is -4.24. The third-order valence-corrected chi connectivity index (χ3v) is 5.56. The van der Waals surface area contributed by atoms with E-state index in [4.69, 9.17) is 9.40 Å². The van der Waals surface area contributed by atoms with Crippen molar-refractivity contribution in [1.29, 1.82) is 0 Å². The molecule has 3 heteroatoms. The number of rotatable bonds is 3. The molecule has 0 spiro atoms. The zero-order valence-corrected chi connectivity index (χ0v) is 16.7. The first kappa shape index (κ1) is 17.6. The zero-order valence-electron chi connectivity index (χ0n) is 16.7. The number of fused-ring (bicyclic) bond motifs is 2. The first-order valence-corrected chi connectivity index (χ1v) is 10.3. The smallest absolute Gasteiger partial charge is 0.227 e. The number of benzene rings is 4. The number of oxazole rings is 1. The average Bonchev–Trinajstić information content (AvgIpc) is 3.34. The summed E-state index contributed by atoms with van der Waals surface area (Å²) in [6.07, 6.45) is 1.80. The number of hydrogen-bond donors (Lipinski definition) is 0. The van der Waals surface area contributed by atoms with Gasteiger partial charge in [0.1, 0.15) is 0 Å². The van der Waals surface area contributed by atoms with Crippen LogP contribution in [0.2, 0.25) is 0 Å². The molecule has 0 saturated heterocycles. The van der Waals surface area contributed by atoms with E-state index in [0.29, 0.717) is 5.89 Å². The summed E-state index contributed by atoms with van der Waals surface area (Å²) in [5, 5.41) is 3.41. The maximum atomic E-state index is 6.26. The van der Waals surface area contributed by atoms with Gasteiger partial charge in [-0.15, -0.1) is 0 Å². The highest BCUT2D eigenvalue weighted by atomic mass is 16.4. The molecule has 2 aromatic heterocycles. The van der Waals surface area contributed by atoms with Crippen molar-refractivity contribution in [2.45, 2.75) is 0 Å². The minimum absolute atomic E-state index is 0.596. The second-order valence-corrected chi connectivity index (χ2v) is 7.53. The van der Waals surface area contributed by atoms with Gasteiger partial charge >= 0.3 is 0 Å². The molecule has 0 bridgehead atoms. The Morgan fingerprint density at radius 1 is 0.613 bits per heavy atom. The van der Waals surface area contributed by atoms with Crippen molar-refractivity contribution in [2.24, 2.45) is 0 Å². The lowest BCUT2D eigenvalue weighted by molar-refractivity contribution is 0.589. The standard InChI is InChI=1S/C28H18N2O/c1-2-9-20(10-3-1)26-17-24(23-12-6-7-13-25(23)30-26)28-29-18-27(31-28)22-15-14-19-8-4-5-11-21(19)16-22/h1-18H. The van der Waals surface area contributed by atoms with Crippen molar-refractivity contribution >= 4 is 21.7 Å². The second kappa shape index (κ2) is 7.22. The van der Waals surface area contributed by atoms with Gasteiger partial charge in [0.15, 0.2) is 5.76 Å². The first-order valence-electron chi connectivity index (χ1n) is 10.3. The van der Waals surface area contributed by atoms with Gasteiger partial charge in [0, 0.05) is 22.1 Å². The Bertz CT molecular complexity index is 1530. The fraction of sp³-hybridized carbons (Fsp3) is 0. The van der Waals surface area contributed by atoms with Crippen LogP contribution in [0.3, 0.4) is 0 Å². The lowest BCUT2D eigenvalue weighted by Gasteiger charge is -2.08. The minimum atomic E-state index is 0.596. The quantitative estimate of drug-likeness (QED) is 0.312. The molecule has 0 atom stereocenters. The van der Waals surface area contributed by atoms with Gasteiger partial charge in [-0.05, 0) is 29.0 Å². The number of hydrogen-bond acceptors (Lipinski definition) is 3. The van der Waals surface area contributed by atoms with E-state index < -0.39 is 0 Å². The molecule has 6 rings (SSSR count). The van der Waals surface area contributed by atoms with E-state index in [1.54, 1.807) is 6.20 Å². The van der Waals surface area contributed by atoms with Crippen LogP contribution in [0.5, 0.6) is 0 Å². The van der Waals surface area contributed by atoms with E-state index in [1.165, 1.54) is 10.8 Å². The largest absolute Gasteiger partial charge is 0.436 e. The van der Waals surface area contributed by atoms with E-state index in [-0.39, 0.29) is 0 Å². The molecule has 0 amide bonds.